The quantitative estimate of drug-likeness (QED) is 0.252. The number of aryl methyl sites for hydroxylation is 1. The van der Waals surface area contributed by atoms with Crippen LogP contribution in [0, 0.1) is 6.92 Å². The van der Waals surface area contributed by atoms with Gasteiger partial charge in [0.1, 0.15) is 11.9 Å². The molecule has 4 rings (SSSR count). The van der Waals surface area contributed by atoms with Crippen molar-refractivity contribution in [3.8, 4) is 11.1 Å². The number of benzene rings is 1. The first-order valence-corrected chi connectivity index (χ1v) is 20.5. The van der Waals surface area contributed by atoms with Gasteiger partial charge in [-0.05, 0) is 62.2 Å². The number of carbonyl (C=O) groups excluding carboxylic acids is 2. The summed E-state index contributed by atoms with van der Waals surface area (Å²) in [6, 6.07) is 6.38. The number of pyridine rings is 1. The van der Waals surface area contributed by atoms with E-state index in [0.29, 0.717) is 29.2 Å². The van der Waals surface area contributed by atoms with Crippen LogP contribution < -0.4 is 10.2 Å². The Balaban J connectivity index is 1.66. The Bertz CT molecular complexity index is 1780. The molecule has 1 saturated heterocycles. The maximum atomic E-state index is 14.3. The average molecular weight is 689 g/mol. The lowest BCUT2D eigenvalue weighted by atomic mass is 9.99. The number of nitrogens with one attached hydrogen (secondary N) is 1. The Kier molecular flexibility index (Phi) is 10.5. The lowest BCUT2D eigenvalue weighted by Gasteiger charge is -2.37. The van der Waals surface area contributed by atoms with Gasteiger partial charge in [0.15, 0.2) is 8.32 Å². The number of rotatable bonds is 8. The summed E-state index contributed by atoms with van der Waals surface area (Å²) in [5.74, 6) is -3.58. The lowest BCUT2D eigenvalue weighted by molar-refractivity contribution is -0.124. The van der Waals surface area contributed by atoms with Crippen molar-refractivity contribution in [1.29, 1.82) is 0 Å². The molecule has 14 heteroatoms. The molecular weight excluding hydrogens is 643 g/mol. The zero-order valence-corrected chi connectivity index (χ0v) is 30.5. The molecule has 0 saturated carbocycles. The van der Waals surface area contributed by atoms with Crippen LogP contribution in [0.4, 0.5) is 20.3 Å². The Labute approximate surface area is 277 Å². The number of hydrogen-bond acceptors (Lipinski definition) is 7. The predicted molar refractivity (Wildman–Crippen MR) is 184 cm³/mol. The molecule has 1 aliphatic rings. The molecule has 1 fully saturated rings. The largest absolute Gasteiger partial charge is 0.405 e. The standard InChI is InChI=1S/C33H46F2N6O4SSi/c1-22-27(24-19-37-40(6)21-24)20-36-29(41-16-11-14-33(34,35)15-17-41)28(22)31(43)38-25-12-10-13-26(18-25)46(7,44)39-30(42)23(2)45-47(8,9)32(3,4)5/h10,12-13,18-21,23H,11,14-17H2,1-9H3,(H,38,43)/t23-,46+/m0/s1. The molecule has 1 aromatic carbocycles. The van der Waals surface area contributed by atoms with Gasteiger partial charge in [0.05, 0.1) is 21.5 Å². The summed E-state index contributed by atoms with van der Waals surface area (Å²) in [5.41, 5.74) is 2.63. The van der Waals surface area contributed by atoms with Crippen molar-refractivity contribution in [2.75, 3.05) is 29.6 Å². The zero-order chi connectivity index (χ0) is 34.9. The normalized spacial score (nSPS) is 17.4. The third-order valence-corrected chi connectivity index (χ3v) is 15.2. The molecule has 2 aromatic heterocycles. The number of aromatic nitrogens is 3. The Morgan fingerprint density at radius 2 is 1.87 bits per heavy atom. The molecule has 1 aliphatic heterocycles. The van der Waals surface area contributed by atoms with Crippen LogP contribution in [0.5, 0.6) is 0 Å². The number of anilines is 2. The highest BCUT2D eigenvalue weighted by Gasteiger charge is 2.40. The zero-order valence-electron chi connectivity index (χ0n) is 28.7. The number of nitrogens with zero attached hydrogens (tertiary/aromatic N) is 5. The van der Waals surface area contributed by atoms with Gasteiger partial charge in [0.25, 0.3) is 11.8 Å². The van der Waals surface area contributed by atoms with E-state index in [1.807, 2.05) is 19.3 Å². The first kappa shape index (κ1) is 36.3. The van der Waals surface area contributed by atoms with Crippen LogP contribution >= 0.6 is 0 Å². The molecule has 1 N–H and O–H groups in total. The maximum Gasteiger partial charge on any atom is 0.281 e. The van der Waals surface area contributed by atoms with Crippen molar-refractivity contribution >= 4 is 41.4 Å². The number of alkyl halides is 2. The van der Waals surface area contributed by atoms with Crippen molar-refractivity contribution in [3.63, 3.8) is 0 Å². The van der Waals surface area contributed by atoms with E-state index in [9.17, 15) is 22.6 Å². The molecule has 0 radical (unpaired) electrons. The van der Waals surface area contributed by atoms with Crippen LogP contribution in [0.2, 0.25) is 18.1 Å². The highest BCUT2D eigenvalue weighted by Crippen LogP contribution is 2.38. The maximum absolute atomic E-state index is 14.3. The van der Waals surface area contributed by atoms with E-state index in [2.05, 4.69) is 40.5 Å². The van der Waals surface area contributed by atoms with Crippen LogP contribution in [0.25, 0.3) is 11.1 Å². The Morgan fingerprint density at radius 3 is 2.51 bits per heavy atom. The van der Waals surface area contributed by atoms with Crippen LogP contribution in [-0.4, -0.2) is 70.5 Å². The molecule has 3 heterocycles. The highest BCUT2D eigenvalue weighted by molar-refractivity contribution is 7.93. The summed E-state index contributed by atoms with van der Waals surface area (Å²) in [5, 5.41) is 7.00. The molecule has 2 atom stereocenters. The summed E-state index contributed by atoms with van der Waals surface area (Å²) in [4.78, 5) is 33.7. The fraction of sp³-hybridized carbons (Fsp3) is 0.515. The molecule has 0 spiro atoms. The second-order valence-corrected chi connectivity index (χ2v) is 20.8. The van der Waals surface area contributed by atoms with E-state index >= 15 is 0 Å². The van der Waals surface area contributed by atoms with Gasteiger partial charge >= 0.3 is 0 Å². The smallest absolute Gasteiger partial charge is 0.281 e. The summed E-state index contributed by atoms with van der Waals surface area (Å²) in [7, 11) is -3.69. The van der Waals surface area contributed by atoms with Gasteiger partial charge in [-0.25, -0.2) is 18.0 Å². The predicted octanol–water partition coefficient (Wildman–Crippen LogP) is 7.06. The van der Waals surface area contributed by atoms with Gasteiger partial charge in [-0.15, -0.1) is 0 Å². The van der Waals surface area contributed by atoms with E-state index in [-0.39, 0.29) is 41.3 Å². The lowest BCUT2D eigenvalue weighted by Crippen LogP contribution is -2.45. The fourth-order valence-corrected chi connectivity index (χ4v) is 7.81. The second-order valence-electron chi connectivity index (χ2n) is 13.8. The van der Waals surface area contributed by atoms with Crippen molar-refractivity contribution in [1.82, 2.24) is 14.8 Å². The Hall–Kier alpha value is -3.49. The van der Waals surface area contributed by atoms with Crippen molar-refractivity contribution in [2.24, 2.45) is 11.4 Å². The van der Waals surface area contributed by atoms with Gasteiger partial charge in [-0.3, -0.25) is 14.3 Å². The molecule has 2 amide bonds. The van der Waals surface area contributed by atoms with E-state index in [4.69, 9.17) is 4.43 Å². The van der Waals surface area contributed by atoms with Crippen molar-refractivity contribution in [3.05, 3.63) is 54.0 Å². The van der Waals surface area contributed by atoms with Crippen molar-refractivity contribution < 1.29 is 27.0 Å². The molecule has 10 nitrogen and oxygen atoms in total. The third-order valence-electron chi connectivity index (χ3n) is 9.00. The first-order valence-electron chi connectivity index (χ1n) is 15.7. The monoisotopic (exact) mass is 688 g/mol. The molecule has 0 unspecified atom stereocenters. The van der Waals surface area contributed by atoms with E-state index < -0.39 is 41.9 Å². The number of carbonyl (C=O) groups is 2. The molecule has 256 valence electrons. The topological polar surface area (TPSA) is 119 Å². The fourth-order valence-electron chi connectivity index (χ4n) is 5.20. The van der Waals surface area contributed by atoms with E-state index in [0.717, 1.165) is 5.56 Å². The van der Waals surface area contributed by atoms with E-state index in [1.165, 1.54) is 12.3 Å². The van der Waals surface area contributed by atoms with Crippen LogP contribution in [0.15, 0.2) is 52.1 Å². The van der Waals surface area contributed by atoms with Gasteiger partial charge in [-0.2, -0.15) is 9.46 Å². The minimum atomic E-state index is -3.20. The molecular formula is C33H46F2N6O4SSi. The summed E-state index contributed by atoms with van der Waals surface area (Å²) < 4.78 is 54.1. The number of amides is 2. The minimum Gasteiger partial charge on any atom is -0.405 e. The summed E-state index contributed by atoms with van der Waals surface area (Å²) in [6.07, 6.45) is 5.33. The third kappa shape index (κ3) is 8.51. The minimum absolute atomic E-state index is 0.0481. The SMILES string of the molecule is Cc1c(-c2cnn(C)c2)cnc(N2CCCC(F)(F)CC2)c1C(=O)Nc1cccc([S@@](C)(=O)=NC(=O)[C@H](C)O[Si](C)(C)C(C)(C)C)c1. The van der Waals surface area contributed by atoms with Gasteiger partial charge < -0.3 is 14.6 Å². The summed E-state index contributed by atoms with van der Waals surface area (Å²) in [6.45, 7) is 14.1. The molecule has 0 aliphatic carbocycles. The van der Waals surface area contributed by atoms with E-state index in [1.54, 1.807) is 61.1 Å². The van der Waals surface area contributed by atoms with Crippen LogP contribution in [-0.2, 0) is 26.0 Å². The van der Waals surface area contributed by atoms with Crippen LogP contribution in [0.3, 0.4) is 0 Å². The molecule has 47 heavy (non-hydrogen) atoms. The number of halogens is 2. The van der Waals surface area contributed by atoms with Gasteiger partial charge in [-0.1, -0.05) is 26.8 Å². The van der Waals surface area contributed by atoms with Crippen molar-refractivity contribution in [2.45, 2.75) is 88.9 Å². The van der Waals surface area contributed by atoms with Gasteiger partial charge in [0, 0.05) is 73.3 Å². The Morgan fingerprint density at radius 1 is 1.17 bits per heavy atom. The van der Waals surface area contributed by atoms with Gasteiger partial charge in [0.2, 0.25) is 5.92 Å². The molecule has 0 bridgehead atoms. The number of hydrogen-bond donors (Lipinski definition) is 1. The molecule has 3 aromatic rings. The first-order chi connectivity index (χ1) is 21.7. The van der Waals surface area contributed by atoms with Crippen LogP contribution in [0.1, 0.15) is 62.9 Å². The average Bonchev–Trinajstić information content (AvgIpc) is 3.30. The highest BCUT2D eigenvalue weighted by atomic mass is 32.2. The second kappa shape index (κ2) is 13.6. The summed E-state index contributed by atoms with van der Waals surface area (Å²) >= 11 is 0.